The summed E-state index contributed by atoms with van der Waals surface area (Å²) in [5, 5.41) is 9.47. The Kier molecular flexibility index (Phi) is 1.62. The largest absolute Gasteiger partial charge is 0.349 e. The molecule has 0 radical (unpaired) electrons. The molecule has 0 fully saturated rings. The molecule has 2 rings (SSSR count). The number of hydrogen-bond acceptors (Lipinski definition) is 2. The summed E-state index contributed by atoms with van der Waals surface area (Å²) in [6.45, 7) is 6.10. The SMILES string of the molecule is Cc1cn(C)c2c(C)nnc(C)c12. The average Bonchev–Trinajstić information content (AvgIpc) is 2.36. The first kappa shape index (κ1) is 8.23. The third kappa shape index (κ3) is 1.03. The summed E-state index contributed by atoms with van der Waals surface area (Å²) in [4.78, 5) is 0. The Morgan fingerprint density at radius 1 is 1.08 bits per heavy atom. The predicted molar refractivity (Wildman–Crippen MR) is 52.7 cm³/mol. The molecule has 0 aliphatic rings. The molecule has 0 amide bonds. The Balaban J connectivity index is 3.03. The van der Waals surface area contributed by atoms with Crippen molar-refractivity contribution in [3.63, 3.8) is 0 Å². The molecule has 0 aromatic carbocycles. The van der Waals surface area contributed by atoms with Crippen molar-refractivity contribution in [2.45, 2.75) is 20.8 Å². The normalized spacial score (nSPS) is 11.1. The summed E-state index contributed by atoms with van der Waals surface area (Å²) in [6, 6.07) is 0. The fraction of sp³-hybridized carbons (Fsp3) is 0.400. The lowest BCUT2D eigenvalue weighted by Gasteiger charge is -2.00. The molecule has 68 valence electrons. The van der Waals surface area contributed by atoms with Crippen molar-refractivity contribution >= 4 is 10.9 Å². The van der Waals surface area contributed by atoms with Crippen molar-refractivity contribution in [2.75, 3.05) is 0 Å². The zero-order chi connectivity index (χ0) is 9.59. The van der Waals surface area contributed by atoms with Gasteiger partial charge in [-0.2, -0.15) is 10.2 Å². The van der Waals surface area contributed by atoms with E-state index >= 15 is 0 Å². The lowest BCUT2D eigenvalue weighted by atomic mass is 10.2. The van der Waals surface area contributed by atoms with E-state index in [1.807, 2.05) is 20.9 Å². The van der Waals surface area contributed by atoms with E-state index in [2.05, 4.69) is 27.9 Å². The molecule has 2 aromatic heterocycles. The fourth-order valence-electron chi connectivity index (χ4n) is 1.92. The topological polar surface area (TPSA) is 30.7 Å². The number of rotatable bonds is 0. The molecule has 0 unspecified atom stereocenters. The molecule has 13 heavy (non-hydrogen) atoms. The van der Waals surface area contributed by atoms with Crippen LogP contribution in [0.25, 0.3) is 10.9 Å². The molecule has 0 saturated heterocycles. The molecule has 0 aliphatic carbocycles. The van der Waals surface area contributed by atoms with E-state index in [-0.39, 0.29) is 0 Å². The molecule has 0 bridgehead atoms. The average molecular weight is 175 g/mol. The van der Waals surface area contributed by atoms with Gasteiger partial charge in [-0.3, -0.25) is 0 Å². The first-order chi connectivity index (χ1) is 6.11. The number of hydrogen-bond donors (Lipinski definition) is 0. The molecule has 2 heterocycles. The number of nitrogens with zero attached hydrogens (tertiary/aromatic N) is 3. The molecule has 3 heteroatoms. The quantitative estimate of drug-likeness (QED) is 0.612. The van der Waals surface area contributed by atoms with Gasteiger partial charge in [-0.15, -0.1) is 0 Å². The predicted octanol–water partition coefficient (Wildman–Crippen LogP) is 1.89. The van der Waals surface area contributed by atoms with E-state index in [1.165, 1.54) is 16.5 Å². The van der Waals surface area contributed by atoms with E-state index in [4.69, 9.17) is 0 Å². The molecular formula is C10H13N3. The highest BCUT2D eigenvalue weighted by molar-refractivity contribution is 5.87. The van der Waals surface area contributed by atoms with E-state index < -0.39 is 0 Å². The molecule has 0 N–H and O–H groups in total. The van der Waals surface area contributed by atoms with E-state index in [9.17, 15) is 0 Å². The van der Waals surface area contributed by atoms with Gasteiger partial charge in [0.1, 0.15) is 0 Å². The summed E-state index contributed by atoms with van der Waals surface area (Å²) in [6.07, 6.45) is 2.12. The van der Waals surface area contributed by atoms with Crippen molar-refractivity contribution in [3.05, 3.63) is 23.1 Å². The molecule has 0 atom stereocenters. The third-order valence-electron chi connectivity index (χ3n) is 2.43. The lowest BCUT2D eigenvalue weighted by molar-refractivity contribution is 0.917. The number of fused-ring (bicyclic) bond motifs is 1. The van der Waals surface area contributed by atoms with Crippen molar-refractivity contribution in [3.8, 4) is 0 Å². The maximum atomic E-state index is 4.12. The Hall–Kier alpha value is -1.38. The fourth-order valence-corrected chi connectivity index (χ4v) is 1.92. The van der Waals surface area contributed by atoms with Crippen molar-refractivity contribution in [2.24, 2.45) is 7.05 Å². The molecule has 0 aliphatic heterocycles. The number of aryl methyl sites for hydroxylation is 4. The van der Waals surface area contributed by atoms with Crippen LogP contribution >= 0.6 is 0 Å². The van der Waals surface area contributed by atoms with Crippen LogP contribution in [0.2, 0.25) is 0 Å². The van der Waals surface area contributed by atoms with Gasteiger partial charge in [0.05, 0.1) is 16.9 Å². The second-order valence-electron chi connectivity index (χ2n) is 3.52. The van der Waals surface area contributed by atoms with Gasteiger partial charge in [0.2, 0.25) is 0 Å². The second-order valence-corrected chi connectivity index (χ2v) is 3.52. The molecule has 2 aromatic rings. The summed E-state index contributed by atoms with van der Waals surface area (Å²) in [5.41, 5.74) is 4.48. The van der Waals surface area contributed by atoms with Crippen LogP contribution in [0.4, 0.5) is 0 Å². The zero-order valence-corrected chi connectivity index (χ0v) is 8.42. The maximum absolute atomic E-state index is 4.12. The maximum Gasteiger partial charge on any atom is 0.0842 e. The van der Waals surface area contributed by atoms with Gasteiger partial charge in [0.25, 0.3) is 0 Å². The van der Waals surface area contributed by atoms with Crippen molar-refractivity contribution in [1.82, 2.24) is 14.8 Å². The minimum absolute atomic E-state index is 0.996. The van der Waals surface area contributed by atoms with Crippen LogP contribution in [0.1, 0.15) is 17.0 Å². The van der Waals surface area contributed by atoms with Crippen LogP contribution in [0.3, 0.4) is 0 Å². The van der Waals surface area contributed by atoms with Crippen LogP contribution in [0.5, 0.6) is 0 Å². The molecule has 0 saturated carbocycles. The summed E-state index contributed by atoms with van der Waals surface area (Å²) < 4.78 is 2.11. The molecular weight excluding hydrogens is 162 g/mol. The summed E-state index contributed by atoms with van der Waals surface area (Å²) in [7, 11) is 2.05. The van der Waals surface area contributed by atoms with Crippen LogP contribution in [-0.4, -0.2) is 14.8 Å². The van der Waals surface area contributed by atoms with Gasteiger partial charge >= 0.3 is 0 Å². The highest BCUT2D eigenvalue weighted by Gasteiger charge is 2.09. The Morgan fingerprint density at radius 3 is 2.31 bits per heavy atom. The highest BCUT2D eigenvalue weighted by Crippen LogP contribution is 2.23. The van der Waals surface area contributed by atoms with Crippen LogP contribution in [0.15, 0.2) is 6.20 Å². The van der Waals surface area contributed by atoms with Crippen molar-refractivity contribution in [1.29, 1.82) is 0 Å². The van der Waals surface area contributed by atoms with Gasteiger partial charge in [-0.1, -0.05) is 0 Å². The Labute approximate surface area is 77.4 Å². The van der Waals surface area contributed by atoms with Crippen LogP contribution < -0.4 is 0 Å². The summed E-state index contributed by atoms with van der Waals surface area (Å²) in [5.74, 6) is 0. The Bertz CT molecular complexity index is 426. The van der Waals surface area contributed by atoms with Gasteiger partial charge in [-0.25, -0.2) is 0 Å². The van der Waals surface area contributed by atoms with Crippen LogP contribution in [-0.2, 0) is 7.05 Å². The van der Waals surface area contributed by atoms with Gasteiger partial charge < -0.3 is 4.57 Å². The summed E-state index contributed by atoms with van der Waals surface area (Å²) >= 11 is 0. The standard InChI is InChI=1S/C10H13N3/c1-6-5-13(4)10-8(3)12-11-7(2)9(6)10/h5H,1-4H3. The van der Waals surface area contributed by atoms with E-state index in [0.29, 0.717) is 0 Å². The first-order valence-electron chi connectivity index (χ1n) is 4.36. The van der Waals surface area contributed by atoms with E-state index in [0.717, 1.165) is 11.4 Å². The highest BCUT2D eigenvalue weighted by atomic mass is 15.1. The van der Waals surface area contributed by atoms with Gasteiger partial charge in [-0.05, 0) is 26.3 Å². The minimum atomic E-state index is 0.996. The molecule has 0 spiro atoms. The van der Waals surface area contributed by atoms with E-state index in [1.54, 1.807) is 0 Å². The monoisotopic (exact) mass is 175 g/mol. The van der Waals surface area contributed by atoms with Crippen molar-refractivity contribution < 1.29 is 0 Å². The van der Waals surface area contributed by atoms with Gasteiger partial charge in [0.15, 0.2) is 0 Å². The zero-order valence-electron chi connectivity index (χ0n) is 8.42. The smallest absolute Gasteiger partial charge is 0.0842 e. The minimum Gasteiger partial charge on any atom is -0.349 e. The lowest BCUT2D eigenvalue weighted by Crippen LogP contribution is -1.95. The number of aromatic nitrogens is 3. The molecule has 3 nitrogen and oxygen atoms in total. The van der Waals surface area contributed by atoms with Crippen LogP contribution in [0, 0.1) is 20.8 Å². The third-order valence-corrected chi connectivity index (χ3v) is 2.43. The first-order valence-corrected chi connectivity index (χ1v) is 4.36. The second kappa shape index (κ2) is 2.55. The van der Waals surface area contributed by atoms with Gasteiger partial charge in [0, 0.05) is 18.6 Å². The Morgan fingerprint density at radius 2 is 1.69 bits per heavy atom.